The van der Waals surface area contributed by atoms with E-state index in [4.69, 9.17) is 11.6 Å². The maximum Gasteiger partial charge on any atom is 0.358 e. The van der Waals surface area contributed by atoms with E-state index in [9.17, 15) is 4.79 Å². The van der Waals surface area contributed by atoms with Crippen molar-refractivity contribution in [1.82, 2.24) is 9.97 Å². The van der Waals surface area contributed by atoms with Gasteiger partial charge in [-0.05, 0) is 22.0 Å². The van der Waals surface area contributed by atoms with Gasteiger partial charge in [0.05, 0.1) is 22.1 Å². The Balaban J connectivity index is 2.70. The first kappa shape index (κ1) is 10.4. The molecule has 0 spiro atoms. The summed E-state index contributed by atoms with van der Waals surface area (Å²) in [6, 6.07) is 1.64. The fourth-order valence-electron chi connectivity index (χ4n) is 1.23. The summed E-state index contributed by atoms with van der Waals surface area (Å²) >= 11 is 9.20. The number of hydrogen-bond acceptors (Lipinski definition) is 3. The van der Waals surface area contributed by atoms with Crippen LogP contribution in [0.5, 0.6) is 0 Å². The monoisotopic (exact) mass is 288 g/mol. The van der Waals surface area contributed by atoms with Crippen molar-refractivity contribution in [2.45, 2.75) is 0 Å². The number of ether oxygens (including phenoxy) is 1. The third-order valence-corrected chi connectivity index (χ3v) is 2.83. The molecule has 0 aliphatic carbocycles. The lowest BCUT2D eigenvalue weighted by Gasteiger charge is -2.01. The van der Waals surface area contributed by atoms with Gasteiger partial charge in [0.2, 0.25) is 0 Å². The van der Waals surface area contributed by atoms with Crippen molar-refractivity contribution in [2.24, 2.45) is 0 Å². The molecular weight excluding hydrogens is 283 g/mol. The van der Waals surface area contributed by atoms with E-state index in [1.807, 2.05) is 0 Å². The van der Waals surface area contributed by atoms with Crippen LogP contribution in [0.15, 0.2) is 16.7 Å². The van der Waals surface area contributed by atoms with Crippen LogP contribution in [0.2, 0.25) is 5.02 Å². The standard InChI is InChI=1S/C9H6BrClN2O2/c1-15-9(14)8-5(11)2-6-7(13-8)4(10)3-12-6/h2-3,12H,1H3. The molecular formula is C9H6BrClN2O2. The molecule has 6 heteroatoms. The van der Waals surface area contributed by atoms with E-state index in [1.165, 1.54) is 7.11 Å². The number of carbonyl (C=O) groups excluding carboxylic acids is 1. The lowest BCUT2D eigenvalue weighted by molar-refractivity contribution is 0.0595. The van der Waals surface area contributed by atoms with E-state index in [1.54, 1.807) is 12.3 Å². The smallest absolute Gasteiger partial charge is 0.358 e. The molecule has 0 unspecified atom stereocenters. The third-order valence-electron chi connectivity index (χ3n) is 1.94. The first-order chi connectivity index (χ1) is 7.13. The zero-order chi connectivity index (χ0) is 11.0. The van der Waals surface area contributed by atoms with Crippen molar-refractivity contribution in [3.63, 3.8) is 0 Å². The second-order valence-corrected chi connectivity index (χ2v) is 4.10. The largest absolute Gasteiger partial charge is 0.464 e. The summed E-state index contributed by atoms with van der Waals surface area (Å²) in [7, 11) is 1.29. The number of aromatic amines is 1. The normalized spacial score (nSPS) is 10.6. The van der Waals surface area contributed by atoms with Gasteiger partial charge in [-0.25, -0.2) is 9.78 Å². The Hall–Kier alpha value is -1.07. The molecule has 0 radical (unpaired) electrons. The molecule has 0 bridgehead atoms. The van der Waals surface area contributed by atoms with Gasteiger partial charge in [0.15, 0.2) is 5.69 Å². The van der Waals surface area contributed by atoms with Crippen LogP contribution in [-0.2, 0) is 4.74 Å². The number of rotatable bonds is 1. The molecule has 0 atom stereocenters. The molecule has 0 aliphatic rings. The molecule has 2 aromatic rings. The number of fused-ring (bicyclic) bond motifs is 1. The topological polar surface area (TPSA) is 55.0 Å². The van der Waals surface area contributed by atoms with Gasteiger partial charge in [-0.1, -0.05) is 11.6 Å². The first-order valence-corrected chi connectivity index (χ1v) is 5.22. The Morgan fingerprint density at radius 1 is 1.67 bits per heavy atom. The zero-order valence-electron chi connectivity index (χ0n) is 7.67. The minimum Gasteiger partial charge on any atom is -0.464 e. The minimum atomic E-state index is -0.546. The van der Waals surface area contributed by atoms with Crippen molar-refractivity contribution in [3.8, 4) is 0 Å². The molecule has 78 valence electrons. The fourth-order valence-corrected chi connectivity index (χ4v) is 1.88. The number of nitrogens with zero attached hydrogens (tertiary/aromatic N) is 1. The Morgan fingerprint density at radius 2 is 2.40 bits per heavy atom. The maximum absolute atomic E-state index is 11.3. The van der Waals surface area contributed by atoms with Crippen LogP contribution in [0.3, 0.4) is 0 Å². The molecule has 0 amide bonds. The molecule has 0 saturated heterocycles. The van der Waals surface area contributed by atoms with Crippen LogP contribution in [0.25, 0.3) is 11.0 Å². The Morgan fingerprint density at radius 3 is 3.07 bits per heavy atom. The predicted octanol–water partition coefficient (Wildman–Crippen LogP) is 2.77. The second kappa shape index (κ2) is 3.83. The SMILES string of the molecule is COC(=O)c1nc2c(Br)c[nH]c2cc1Cl. The summed E-state index contributed by atoms with van der Waals surface area (Å²) < 4.78 is 5.35. The van der Waals surface area contributed by atoms with Gasteiger partial charge in [0.1, 0.15) is 5.52 Å². The summed E-state index contributed by atoms with van der Waals surface area (Å²) in [6.45, 7) is 0. The highest BCUT2D eigenvalue weighted by atomic mass is 79.9. The number of halogens is 2. The van der Waals surface area contributed by atoms with Crippen LogP contribution in [-0.4, -0.2) is 23.0 Å². The van der Waals surface area contributed by atoms with Crippen molar-refractivity contribution >= 4 is 44.5 Å². The number of esters is 1. The van der Waals surface area contributed by atoms with Gasteiger partial charge in [0, 0.05) is 6.20 Å². The zero-order valence-corrected chi connectivity index (χ0v) is 10.0. The molecule has 1 N–H and O–H groups in total. The molecule has 15 heavy (non-hydrogen) atoms. The number of carbonyl (C=O) groups is 1. The maximum atomic E-state index is 11.3. The van der Waals surface area contributed by atoms with Crippen LogP contribution in [0.1, 0.15) is 10.5 Å². The molecule has 2 rings (SSSR count). The van der Waals surface area contributed by atoms with Crippen LogP contribution in [0, 0.1) is 0 Å². The van der Waals surface area contributed by atoms with E-state index < -0.39 is 5.97 Å². The van der Waals surface area contributed by atoms with Crippen LogP contribution >= 0.6 is 27.5 Å². The summed E-state index contributed by atoms with van der Waals surface area (Å²) in [6.07, 6.45) is 1.73. The first-order valence-electron chi connectivity index (χ1n) is 4.05. The van der Waals surface area contributed by atoms with Gasteiger partial charge in [-0.3, -0.25) is 0 Å². The molecule has 2 aromatic heterocycles. The summed E-state index contributed by atoms with van der Waals surface area (Å²) in [4.78, 5) is 18.4. The van der Waals surface area contributed by atoms with Crippen molar-refractivity contribution in [3.05, 3.63) is 27.5 Å². The molecule has 0 aromatic carbocycles. The second-order valence-electron chi connectivity index (χ2n) is 2.84. The molecule has 4 nitrogen and oxygen atoms in total. The lowest BCUT2D eigenvalue weighted by atomic mass is 10.3. The van der Waals surface area contributed by atoms with E-state index in [0.717, 1.165) is 9.99 Å². The average Bonchev–Trinajstić information content (AvgIpc) is 2.58. The number of hydrogen-bond donors (Lipinski definition) is 1. The molecule has 0 fully saturated rings. The number of H-pyrrole nitrogens is 1. The summed E-state index contributed by atoms with van der Waals surface area (Å²) in [5.41, 5.74) is 1.53. The summed E-state index contributed by atoms with van der Waals surface area (Å²) in [5.74, 6) is -0.546. The number of pyridine rings is 1. The minimum absolute atomic E-state index is 0.118. The number of aromatic nitrogens is 2. The van der Waals surface area contributed by atoms with Crippen LogP contribution < -0.4 is 0 Å². The molecule has 2 heterocycles. The lowest BCUT2D eigenvalue weighted by Crippen LogP contribution is -2.05. The Bertz CT molecular complexity index is 538. The average molecular weight is 290 g/mol. The molecule has 0 aliphatic heterocycles. The van der Waals surface area contributed by atoms with Gasteiger partial charge < -0.3 is 9.72 Å². The van der Waals surface area contributed by atoms with E-state index >= 15 is 0 Å². The van der Waals surface area contributed by atoms with E-state index in [2.05, 4.69) is 30.6 Å². The predicted molar refractivity (Wildman–Crippen MR) is 60.1 cm³/mol. The van der Waals surface area contributed by atoms with Gasteiger partial charge >= 0.3 is 5.97 Å². The van der Waals surface area contributed by atoms with Crippen molar-refractivity contribution in [2.75, 3.05) is 7.11 Å². The highest BCUT2D eigenvalue weighted by Crippen LogP contribution is 2.26. The van der Waals surface area contributed by atoms with Gasteiger partial charge in [0.25, 0.3) is 0 Å². The van der Waals surface area contributed by atoms with Crippen LogP contribution in [0.4, 0.5) is 0 Å². The molecule has 0 saturated carbocycles. The van der Waals surface area contributed by atoms with E-state index in [0.29, 0.717) is 5.52 Å². The van der Waals surface area contributed by atoms with Crippen molar-refractivity contribution < 1.29 is 9.53 Å². The highest BCUT2D eigenvalue weighted by Gasteiger charge is 2.15. The quantitative estimate of drug-likeness (QED) is 0.821. The van der Waals surface area contributed by atoms with E-state index in [-0.39, 0.29) is 10.7 Å². The van der Waals surface area contributed by atoms with Crippen molar-refractivity contribution in [1.29, 1.82) is 0 Å². The Kier molecular flexibility index (Phi) is 2.67. The number of methoxy groups -OCH3 is 1. The van der Waals surface area contributed by atoms with Gasteiger partial charge in [-0.15, -0.1) is 0 Å². The number of nitrogens with one attached hydrogen (secondary N) is 1. The third kappa shape index (κ3) is 1.72. The summed E-state index contributed by atoms with van der Waals surface area (Å²) in [5, 5.41) is 0.267. The fraction of sp³-hybridized carbons (Fsp3) is 0.111. The van der Waals surface area contributed by atoms with Gasteiger partial charge in [-0.2, -0.15) is 0 Å². The highest BCUT2D eigenvalue weighted by molar-refractivity contribution is 9.10. The Labute approximate surface area is 98.7 Å².